The van der Waals surface area contributed by atoms with Crippen molar-refractivity contribution in [3.8, 4) is 0 Å². The number of nitrogens with zero attached hydrogens (tertiary/aromatic N) is 2. The monoisotopic (exact) mass is 269 g/mol. The second-order valence-corrected chi connectivity index (χ2v) is 4.56. The largest absolute Gasteiger partial charge is 0.399 e. The van der Waals surface area contributed by atoms with E-state index >= 15 is 0 Å². The van der Waals surface area contributed by atoms with Gasteiger partial charge in [-0.05, 0) is 18.2 Å². The van der Waals surface area contributed by atoms with Gasteiger partial charge in [-0.15, -0.1) is 0 Å². The molecule has 1 aromatic carbocycles. The topological polar surface area (TPSA) is 88.7 Å². The molecule has 0 spiro atoms. The average Bonchev–Trinajstić information content (AvgIpc) is 3.07. The van der Waals surface area contributed by atoms with Crippen molar-refractivity contribution >= 4 is 22.5 Å². The average molecular weight is 269 g/mol. The lowest BCUT2D eigenvalue weighted by molar-refractivity contribution is 0.0954. The standard InChI is InChI=1S/C14H15N5O/c15-10-1-2-11-12(8-18-13(11)7-10)14(20)17-4-6-19-5-3-16-9-19/h1-3,5,7-9,18H,4,6,15H2,(H,17,20). The molecule has 2 aromatic heterocycles. The van der Waals surface area contributed by atoms with E-state index in [-0.39, 0.29) is 5.91 Å². The molecule has 0 unspecified atom stereocenters. The molecule has 0 saturated heterocycles. The van der Waals surface area contributed by atoms with E-state index in [1.165, 1.54) is 0 Å². The summed E-state index contributed by atoms with van der Waals surface area (Å²) in [5.74, 6) is -0.0962. The first-order valence-corrected chi connectivity index (χ1v) is 6.34. The summed E-state index contributed by atoms with van der Waals surface area (Å²) in [5.41, 5.74) is 7.88. The van der Waals surface area contributed by atoms with Gasteiger partial charge in [0.05, 0.1) is 11.9 Å². The number of fused-ring (bicyclic) bond motifs is 1. The van der Waals surface area contributed by atoms with Crippen molar-refractivity contribution in [3.05, 3.63) is 48.7 Å². The smallest absolute Gasteiger partial charge is 0.253 e. The van der Waals surface area contributed by atoms with Crippen LogP contribution in [-0.2, 0) is 6.54 Å². The Morgan fingerprint density at radius 1 is 1.45 bits per heavy atom. The number of amides is 1. The molecule has 6 heteroatoms. The van der Waals surface area contributed by atoms with Gasteiger partial charge in [0.1, 0.15) is 0 Å². The molecule has 0 bridgehead atoms. The zero-order chi connectivity index (χ0) is 13.9. The lowest BCUT2D eigenvalue weighted by Gasteiger charge is -2.05. The molecule has 102 valence electrons. The van der Waals surface area contributed by atoms with Gasteiger partial charge in [0.2, 0.25) is 0 Å². The summed E-state index contributed by atoms with van der Waals surface area (Å²) in [6.45, 7) is 1.25. The molecule has 0 fully saturated rings. The number of anilines is 1. The third-order valence-corrected chi connectivity index (χ3v) is 3.17. The van der Waals surface area contributed by atoms with Gasteiger partial charge >= 0.3 is 0 Å². The highest BCUT2D eigenvalue weighted by Crippen LogP contribution is 2.20. The molecule has 6 nitrogen and oxygen atoms in total. The van der Waals surface area contributed by atoms with Crippen LogP contribution in [0.25, 0.3) is 10.9 Å². The van der Waals surface area contributed by atoms with Crippen LogP contribution < -0.4 is 11.1 Å². The number of carbonyl (C=O) groups excluding carboxylic acids is 1. The minimum Gasteiger partial charge on any atom is -0.399 e. The highest BCUT2D eigenvalue weighted by atomic mass is 16.1. The summed E-state index contributed by atoms with van der Waals surface area (Å²) in [4.78, 5) is 19.2. The first-order chi connectivity index (χ1) is 9.74. The molecular formula is C14H15N5O. The van der Waals surface area contributed by atoms with E-state index in [2.05, 4.69) is 15.3 Å². The van der Waals surface area contributed by atoms with Crippen LogP contribution in [0.15, 0.2) is 43.1 Å². The van der Waals surface area contributed by atoms with Crippen molar-refractivity contribution in [2.24, 2.45) is 0 Å². The zero-order valence-electron chi connectivity index (χ0n) is 10.8. The Morgan fingerprint density at radius 2 is 2.35 bits per heavy atom. The molecule has 0 atom stereocenters. The summed E-state index contributed by atoms with van der Waals surface area (Å²) in [7, 11) is 0. The van der Waals surface area contributed by atoms with Crippen LogP contribution in [0.1, 0.15) is 10.4 Å². The number of nitrogens with two attached hydrogens (primary N) is 1. The number of aromatic amines is 1. The molecule has 0 radical (unpaired) electrons. The lowest BCUT2D eigenvalue weighted by Crippen LogP contribution is -2.26. The first-order valence-electron chi connectivity index (χ1n) is 6.34. The van der Waals surface area contributed by atoms with Gasteiger partial charge in [0.15, 0.2) is 0 Å². The lowest BCUT2D eigenvalue weighted by atomic mass is 10.1. The highest BCUT2D eigenvalue weighted by Gasteiger charge is 2.11. The fourth-order valence-electron chi connectivity index (χ4n) is 2.14. The van der Waals surface area contributed by atoms with Crippen molar-refractivity contribution in [2.75, 3.05) is 12.3 Å². The Balaban J connectivity index is 1.69. The molecule has 3 aromatic rings. The summed E-state index contributed by atoms with van der Waals surface area (Å²) < 4.78 is 1.91. The summed E-state index contributed by atoms with van der Waals surface area (Å²) in [6.07, 6.45) is 7.00. The molecule has 20 heavy (non-hydrogen) atoms. The van der Waals surface area contributed by atoms with Crippen molar-refractivity contribution in [1.29, 1.82) is 0 Å². The van der Waals surface area contributed by atoms with E-state index in [1.807, 2.05) is 22.9 Å². The summed E-state index contributed by atoms with van der Waals surface area (Å²) >= 11 is 0. The summed E-state index contributed by atoms with van der Waals surface area (Å²) in [6, 6.07) is 5.46. The van der Waals surface area contributed by atoms with Gasteiger partial charge in [-0.1, -0.05) is 0 Å². The number of hydrogen-bond acceptors (Lipinski definition) is 3. The highest BCUT2D eigenvalue weighted by molar-refractivity contribution is 6.07. The number of benzene rings is 1. The number of carbonyl (C=O) groups is 1. The van der Waals surface area contributed by atoms with Crippen LogP contribution in [0.2, 0.25) is 0 Å². The quantitative estimate of drug-likeness (QED) is 0.625. The van der Waals surface area contributed by atoms with Gasteiger partial charge in [0.25, 0.3) is 5.91 Å². The van der Waals surface area contributed by atoms with Gasteiger partial charge in [-0.2, -0.15) is 0 Å². The van der Waals surface area contributed by atoms with E-state index in [0.29, 0.717) is 24.3 Å². The molecule has 2 heterocycles. The van der Waals surface area contributed by atoms with Crippen LogP contribution in [0.4, 0.5) is 5.69 Å². The van der Waals surface area contributed by atoms with Crippen LogP contribution in [-0.4, -0.2) is 27.0 Å². The molecule has 0 aliphatic heterocycles. The van der Waals surface area contributed by atoms with Gasteiger partial charge in [-0.3, -0.25) is 4.79 Å². The van der Waals surface area contributed by atoms with Crippen LogP contribution in [0.3, 0.4) is 0 Å². The van der Waals surface area contributed by atoms with E-state index in [0.717, 1.165) is 10.9 Å². The molecule has 0 aliphatic rings. The molecule has 1 amide bonds. The molecule has 3 rings (SSSR count). The van der Waals surface area contributed by atoms with Crippen LogP contribution in [0.5, 0.6) is 0 Å². The van der Waals surface area contributed by atoms with E-state index < -0.39 is 0 Å². The number of aromatic nitrogens is 3. The van der Waals surface area contributed by atoms with Crippen molar-refractivity contribution in [3.63, 3.8) is 0 Å². The van der Waals surface area contributed by atoms with E-state index in [4.69, 9.17) is 5.73 Å². The maximum atomic E-state index is 12.1. The normalized spacial score (nSPS) is 10.8. The van der Waals surface area contributed by atoms with Gasteiger partial charge in [0, 0.05) is 48.3 Å². The van der Waals surface area contributed by atoms with Crippen molar-refractivity contribution in [2.45, 2.75) is 6.54 Å². The Kier molecular flexibility index (Phi) is 3.12. The number of nitrogen functional groups attached to an aromatic ring is 1. The fourth-order valence-corrected chi connectivity index (χ4v) is 2.14. The minimum absolute atomic E-state index is 0.0962. The van der Waals surface area contributed by atoms with Crippen molar-refractivity contribution in [1.82, 2.24) is 19.9 Å². The number of imidazole rings is 1. The molecule has 4 N–H and O–H groups in total. The van der Waals surface area contributed by atoms with Crippen LogP contribution >= 0.6 is 0 Å². The third kappa shape index (κ3) is 2.35. The number of H-pyrrole nitrogens is 1. The zero-order valence-corrected chi connectivity index (χ0v) is 10.8. The predicted octanol–water partition coefficient (Wildman–Crippen LogP) is 1.38. The second kappa shape index (κ2) is 5.08. The molecule has 0 saturated carbocycles. The SMILES string of the molecule is Nc1ccc2c(C(=O)NCCn3ccnc3)c[nH]c2c1. The summed E-state index contributed by atoms with van der Waals surface area (Å²) in [5, 5.41) is 3.77. The van der Waals surface area contributed by atoms with E-state index in [1.54, 1.807) is 24.8 Å². The van der Waals surface area contributed by atoms with Crippen LogP contribution in [0, 0.1) is 0 Å². The Morgan fingerprint density at radius 3 is 3.15 bits per heavy atom. The fraction of sp³-hybridized carbons (Fsp3) is 0.143. The second-order valence-electron chi connectivity index (χ2n) is 4.56. The third-order valence-electron chi connectivity index (χ3n) is 3.17. The van der Waals surface area contributed by atoms with E-state index in [9.17, 15) is 4.79 Å². The maximum absolute atomic E-state index is 12.1. The molecule has 0 aliphatic carbocycles. The Labute approximate surface area is 115 Å². The predicted molar refractivity (Wildman–Crippen MR) is 77.3 cm³/mol. The van der Waals surface area contributed by atoms with Gasteiger partial charge < -0.3 is 20.6 Å². The number of hydrogen-bond donors (Lipinski definition) is 3. The first kappa shape index (κ1) is 12.3. The minimum atomic E-state index is -0.0962. The van der Waals surface area contributed by atoms with Gasteiger partial charge in [-0.25, -0.2) is 4.98 Å². The number of rotatable bonds is 4. The number of nitrogens with one attached hydrogen (secondary N) is 2. The van der Waals surface area contributed by atoms with Crippen molar-refractivity contribution < 1.29 is 4.79 Å². The Bertz CT molecular complexity index is 729. The Hall–Kier alpha value is -2.76. The molecular weight excluding hydrogens is 254 g/mol. The maximum Gasteiger partial charge on any atom is 0.253 e.